The van der Waals surface area contributed by atoms with Gasteiger partial charge >= 0.3 is 0 Å². The van der Waals surface area contributed by atoms with Gasteiger partial charge in [0.05, 0.1) is 5.75 Å². The summed E-state index contributed by atoms with van der Waals surface area (Å²) in [5.41, 5.74) is 1.28. The molecule has 25 heavy (non-hydrogen) atoms. The van der Waals surface area contributed by atoms with Crippen molar-refractivity contribution in [2.45, 2.75) is 30.3 Å². The van der Waals surface area contributed by atoms with E-state index >= 15 is 0 Å². The molecule has 0 aromatic heterocycles. The molecule has 1 saturated heterocycles. The number of carbonyl (C=O) groups is 1. The highest BCUT2D eigenvalue weighted by atomic mass is 35.5. The Kier molecular flexibility index (Phi) is 6.79. The first-order valence-electron chi connectivity index (χ1n) is 8.63. The minimum atomic E-state index is 0.130. The van der Waals surface area contributed by atoms with Gasteiger partial charge in [0.1, 0.15) is 0 Å². The smallest absolute Gasteiger partial charge is 0.230 e. The van der Waals surface area contributed by atoms with Crippen LogP contribution in [-0.4, -0.2) is 35.7 Å². The van der Waals surface area contributed by atoms with E-state index in [4.69, 9.17) is 11.6 Å². The average molecular weight is 375 g/mol. The number of amides is 1. The lowest BCUT2D eigenvalue weighted by Crippen LogP contribution is -2.44. The minimum absolute atomic E-state index is 0.130. The summed E-state index contributed by atoms with van der Waals surface area (Å²) in [5.74, 6) is 0.611. The van der Waals surface area contributed by atoms with Crippen LogP contribution >= 0.6 is 23.4 Å². The van der Waals surface area contributed by atoms with Crippen molar-refractivity contribution in [2.75, 3.05) is 18.8 Å². The van der Waals surface area contributed by atoms with Crippen LogP contribution < -0.4 is 5.32 Å². The highest BCUT2D eigenvalue weighted by molar-refractivity contribution is 8.00. The van der Waals surface area contributed by atoms with Crippen LogP contribution in [0.4, 0.5) is 0 Å². The van der Waals surface area contributed by atoms with Crippen molar-refractivity contribution in [3.05, 3.63) is 65.2 Å². The van der Waals surface area contributed by atoms with Crippen molar-refractivity contribution >= 4 is 29.3 Å². The van der Waals surface area contributed by atoms with Crippen LogP contribution in [0.2, 0.25) is 5.02 Å². The topological polar surface area (TPSA) is 32.3 Å². The van der Waals surface area contributed by atoms with Crippen molar-refractivity contribution in [3.8, 4) is 0 Å². The molecular formula is C20H23ClN2OS. The molecule has 3 rings (SSSR count). The molecular weight excluding hydrogens is 352 g/mol. The van der Waals surface area contributed by atoms with Crippen LogP contribution in [0.15, 0.2) is 59.5 Å². The van der Waals surface area contributed by atoms with Crippen LogP contribution in [0, 0.1) is 0 Å². The molecule has 0 aliphatic carbocycles. The Labute approximate surface area is 158 Å². The number of benzene rings is 2. The second-order valence-corrected chi connectivity index (χ2v) is 7.83. The van der Waals surface area contributed by atoms with E-state index in [1.807, 2.05) is 42.5 Å². The van der Waals surface area contributed by atoms with Crippen molar-refractivity contribution in [2.24, 2.45) is 0 Å². The highest BCUT2D eigenvalue weighted by Gasteiger charge is 2.20. The lowest BCUT2D eigenvalue weighted by molar-refractivity contribution is -0.119. The van der Waals surface area contributed by atoms with Crippen LogP contribution in [0.3, 0.4) is 0 Å². The SMILES string of the molecule is O=C(CSc1ccccc1)NC1CCN(Cc2ccc(Cl)cc2)CC1. The Balaban J connectivity index is 1.37. The van der Waals surface area contributed by atoms with Crippen molar-refractivity contribution in [3.63, 3.8) is 0 Å². The van der Waals surface area contributed by atoms with Crippen molar-refractivity contribution in [1.29, 1.82) is 0 Å². The second-order valence-electron chi connectivity index (χ2n) is 6.35. The van der Waals surface area contributed by atoms with Crippen LogP contribution in [-0.2, 0) is 11.3 Å². The number of thioether (sulfide) groups is 1. The van der Waals surface area contributed by atoms with E-state index in [2.05, 4.69) is 22.3 Å². The number of nitrogens with zero attached hydrogens (tertiary/aromatic N) is 1. The molecule has 1 N–H and O–H groups in total. The van der Waals surface area contributed by atoms with Gasteiger partial charge in [-0.05, 0) is 42.7 Å². The molecule has 1 fully saturated rings. The summed E-state index contributed by atoms with van der Waals surface area (Å²) in [6, 6.07) is 18.4. The first kappa shape index (κ1) is 18.3. The molecule has 5 heteroatoms. The van der Waals surface area contributed by atoms with Gasteiger partial charge in [0.25, 0.3) is 0 Å². The first-order valence-corrected chi connectivity index (χ1v) is 9.99. The molecule has 0 saturated carbocycles. The molecule has 3 nitrogen and oxygen atoms in total. The van der Waals surface area contributed by atoms with Gasteiger partial charge in [-0.1, -0.05) is 41.9 Å². The van der Waals surface area contributed by atoms with E-state index in [1.165, 1.54) is 5.56 Å². The number of rotatable bonds is 6. The zero-order valence-corrected chi connectivity index (χ0v) is 15.7. The molecule has 0 radical (unpaired) electrons. The second kappa shape index (κ2) is 9.27. The van der Waals surface area contributed by atoms with Crippen LogP contribution in [0.1, 0.15) is 18.4 Å². The average Bonchev–Trinajstić information content (AvgIpc) is 2.64. The van der Waals surface area contributed by atoms with Gasteiger partial charge in [-0.3, -0.25) is 9.69 Å². The van der Waals surface area contributed by atoms with E-state index < -0.39 is 0 Å². The summed E-state index contributed by atoms with van der Waals surface area (Å²) in [4.78, 5) is 15.7. The molecule has 1 aliphatic rings. The number of hydrogen-bond donors (Lipinski definition) is 1. The molecule has 2 aromatic carbocycles. The predicted octanol–water partition coefficient (Wildman–Crippen LogP) is 4.21. The lowest BCUT2D eigenvalue weighted by atomic mass is 10.0. The molecule has 1 aliphatic heterocycles. The summed E-state index contributed by atoms with van der Waals surface area (Å²) in [7, 11) is 0. The fourth-order valence-electron chi connectivity index (χ4n) is 3.02. The third kappa shape index (κ3) is 6.07. The maximum atomic E-state index is 12.1. The number of carbonyl (C=O) groups excluding carboxylic acids is 1. The van der Waals surface area contributed by atoms with Gasteiger partial charge in [-0.2, -0.15) is 0 Å². The quantitative estimate of drug-likeness (QED) is 0.768. The maximum Gasteiger partial charge on any atom is 0.230 e. The predicted molar refractivity (Wildman–Crippen MR) is 105 cm³/mol. The Morgan fingerprint density at radius 1 is 1.08 bits per heavy atom. The molecule has 0 bridgehead atoms. The van der Waals surface area contributed by atoms with E-state index in [-0.39, 0.29) is 5.91 Å². The van der Waals surface area contributed by atoms with E-state index in [1.54, 1.807) is 11.8 Å². The summed E-state index contributed by atoms with van der Waals surface area (Å²) in [6.07, 6.45) is 2.02. The molecule has 0 unspecified atom stereocenters. The Morgan fingerprint density at radius 2 is 1.76 bits per heavy atom. The largest absolute Gasteiger partial charge is 0.353 e. The van der Waals surface area contributed by atoms with Crippen molar-refractivity contribution in [1.82, 2.24) is 10.2 Å². The third-order valence-electron chi connectivity index (χ3n) is 4.39. The van der Waals surface area contributed by atoms with Gasteiger partial charge in [0.2, 0.25) is 5.91 Å². The monoisotopic (exact) mass is 374 g/mol. The fourth-order valence-corrected chi connectivity index (χ4v) is 3.88. The van der Waals surface area contributed by atoms with E-state index in [0.717, 1.165) is 42.4 Å². The first-order chi connectivity index (χ1) is 12.2. The minimum Gasteiger partial charge on any atom is -0.353 e. The van der Waals surface area contributed by atoms with Crippen LogP contribution in [0.5, 0.6) is 0 Å². The Hall–Kier alpha value is -1.49. The Morgan fingerprint density at radius 3 is 2.44 bits per heavy atom. The summed E-state index contributed by atoms with van der Waals surface area (Å²) in [5, 5.41) is 3.95. The lowest BCUT2D eigenvalue weighted by Gasteiger charge is -2.32. The molecule has 2 aromatic rings. The van der Waals surface area contributed by atoms with Gasteiger partial charge < -0.3 is 5.32 Å². The van der Waals surface area contributed by atoms with E-state index in [0.29, 0.717) is 11.8 Å². The number of halogens is 1. The van der Waals surface area contributed by atoms with Gasteiger partial charge in [0.15, 0.2) is 0 Å². The summed E-state index contributed by atoms with van der Waals surface area (Å²) < 4.78 is 0. The normalized spacial score (nSPS) is 15.9. The molecule has 1 heterocycles. The number of piperidine rings is 1. The Bertz CT molecular complexity index is 670. The molecule has 0 spiro atoms. The third-order valence-corrected chi connectivity index (χ3v) is 5.65. The molecule has 132 valence electrons. The summed E-state index contributed by atoms with van der Waals surface area (Å²) in [6.45, 7) is 2.97. The standard InChI is InChI=1S/C20H23ClN2OS/c21-17-8-6-16(7-9-17)14-23-12-10-18(11-13-23)22-20(24)15-25-19-4-2-1-3-5-19/h1-9,18H,10-15H2,(H,22,24). The molecule has 1 amide bonds. The zero-order chi connectivity index (χ0) is 17.5. The molecule has 0 atom stereocenters. The van der Waals surface area contributed by atoms with E-state index in [9.17, 15) is 4.79 Å². The maximum absolute atomic E-state index is 12.1. The van der Waals surface area contributed by atoms with Crippen molar-refractivity contribution < 1.29 is 4.79 Å². The zero-order valence-electron chi connectivity index (χ0n) is 14.2. The summed E-state index contributed by atoms with van der Waals surface area (Å²) >= 11 is 7.52. The van der Waals surface area contributed by atoms with Gasteiger partial charge in [0, 0.05) is 35.6 Å². The van der Waals surface area contributed by atoms with Crippen LogP contribution in [0.25, 0.3) is 0 Å². The van der Waals surface area contributed by atoms with Gasteiger partial charge in [-0.15, -0.1) is 11.8 Å². The number of likely N-dealkylation sites (tertiary alicyclic amines) is 1. The number of hydrogen-bond acceptors (Lipinski definition) is 3. The van der Waals surface area contributed by atoms with Gasteiger partial charge in [-0.25, -0.2) is 0 Å². The highest BCUT2D eigenvalue weighted by Crippen LogP contribution is 2.18. The fraction of sp³-hybridized carbons (Fsp3) is 0.350. The number of nitrogens with one attached hydrogen (secondary N) is 1.